The van der Waals surface area contributed by atoms with Crippen molar-refractivity contribution in [2.45, 2.75) is 4.90 Å². The molecule has 0 aliphatic carbocycles. The molecule has 1 aromatic heterocycles. The third-order valence-corrected chi connectivity index (χ3v) is 4.43. The van der Waals surface area contributed by atoms with Gasteiger partial charge < -0.3 is 9.52 Å². The van der Waals surface area contributed by atoms with E-state index in [1.165, 1.54) is 12.1 Å². The van der Waals surface area contributed by atoms with Gasteiger partial charge in [0.25, 0.3) is 10.0 Å². The number of nitrogens with zero attached hydrogens (tertiary/aromatic N) is 1. The zero-order chi connectivity index (χ0) is 16.4. The van der Waals surface area contributed by atoms with Crippen LogP contribution in [0, 0.1) is 0 Å². The molecule has 0 saturated carbocycles. The van der Waals surface area contributed by atoms with Crippen LogP contribution in [-0.4, -0.2) is 19.5 Å². The van der Waals surface area contributed by atoms with Crippen LogP contribution in [0.4, 0.5) is 0 Å². The maximum absolute atomic E-state index is 12.4. The van der Waals surface area contributed by atoms with Gasteiger partial charge in [-0.25, -0.2) is 4.79 Å². The van der Waals surface area contributed by atoms with Gasteiger partial charge >= 0.3 is 5.97 Å². The first-order valence-corrected chi connectivity index (χ1v) is 8.04. The molecule has 0 bridgehead atoms. The molecule has 0 aliphatic heterocycles. The number of para-hydroxylation sites is 1. The fourth-order valence-electron chi connectivity index (χ4n) is 2.07. The van der Waals surface area contributed by atoms with Crippen molar-refractivity contribution in [1.29, 1.82) is 0 Å². The van der Waals surface area contributed by atoms with Crippen molar-refractivity contribution in [2.75, 3.05) is 0 Å². The molecule has 7 heteroatoms. The molecule has 1 heterocycles. The molecule has 0 amide bonds. The number of carboxylic acids is 1. The first-order chi connectivity index (χ1) is 11.0. The Balaban J connectivity index is 2.33. The maximum Gasteiger partial charge on any atom is 0.371 e. The summed E-state index contributed by atoms with van der Waals surface area (Å²) < 4.78 is 33.8. The second-order valence-corrected chi connectivity index (χ2v) is 6.28. The Morgan fingerprint density at radius 3 is 2.35 bits per heavy atom. The highest BCUT2D eigenvalue weighted by Crippen LogP contribution is 2.14. The quantitative estimate of drug-likeness (QED) is 0.796. The lowest BCUT2D eigenvalue weighted by Crippen LogP contribution is -2.11. The van der Waals surface area contributed by atoms with Crippen molar-refractivity contribution in [1.82, 2.24) is 0 Å². The normalized spacial score (nSPS) is 12.4. The van der Waals surface area contributed by atoms with Gasteiger partial charge in [0.2, 0.25) is 5.76 Å². The average Bonchev–Trinajstić information content (AvgIpc) is 2.55. The van der Waals surface area contributed by atoms with Crippen molar-refractivity contribution in [3.8, 4) is 0 Å². The number of hydrogen-bond acceptors (Lipinski definition) is 4. The topological polar surface area (TPSA) is 96.9 Å². The van der Waals surface area contributed by atoms with Crippen LogP contribution in [0.15, 0.2) is 74.4 Å². The highest BCUT2D eigenvalue weighted by molar-refractivity contribution is 7.90. The minimum atomic E-state index is -3.96. The highest BCUT2D eigenvalue weighted by Gasteiger charge is 2.14. The lowest BCUT2D eigenvalue weighted by Gasteiger charge is -2.02. The summed E-state index contributed by atoms with van der Waals surface area (Å²) in [7, 11) is -3.96. The summed E-state index contributed by atoms with van der Waals surface area (Å²) in [6.45, 7) is 0. The molecule has 1 N–H and O–H groups in total. The number of carbonyl (C=O) groups is 1. The molecule has 0 spiro atoms. The van der Waals surface area contributed by atoms with Crippen LogP contribution >= 0.6 is 0 Å². The molecule has 3 aromatic rings. The summed E-state index contributed by atoms with van der Waals surface area (Å²) in [4.78, 5) is 11.2. The first-order valence-electron chi connectivity index (χ1n) is 6.60. The van der Waals surface area contributed by atoms with E-state index in [1.54, 1.807) is 42.5 Å². The zero-order valence-electron chi connectivity index (χ0n) is 11.7. The molecule has 0 saturated heterocycles. The Kier molecular flexibility index (Phi) is 3.71. The smallest absolute Gasteiger partial charge is 0.371 e. The standard InChI is InChI=1S/C16H11NO5S/c18-16(19)15-10-13(12-8-4-5-9-14(12)22-15)17-23(20,21)11-6-2-1-3-7-11/h1-10H,(H,18,19)/b17-13+. The second-order valence-electron chi connectivity index (χ2n) is 4.68. The molecule has 0 atom stereocenters. The largest absolute Gasteiger partial charge is 0.475 e. The van der Waals surface area contributed by atoms with Gasteiger partial charge in [-0.1, -0.05) is 30.3 Å². The second kappa shape index (κ2) is 5.69. The molecule has 0 aliphatic rings. The summed E-state index contributed by atoms with van der Waals surface area (Å²) in [6, 6.07) is 15.3. The van der Waals surface area contributed by atoms with Crippen molar-refractivity contribution in [3.63, 3.8) is 0 Å². The number of benzene rings is 2. The van der Waals surface area contributed by atoms with E-state index in [0.717, 1.165) is 6.07 Å². The van der Waals surface area contributed by atoms with E-state index >= 15 is 0 Å². The van der Waals surface area contributed by atoms with Crippen LogP contribution in [0.3, 0.4) is 0 Å². The predicted octanol–water partition coefficient (Wildman–Crippen LogP) is 2.42. The SMILES string of the molecule is O=C(O)c1c/c(=N\S(=O)(=O)c2ccccc2)c2ccccc2o1. The van der Waals surface area contributed by atoms with Crippen molar-refractivity contribution in [2.24, 2.45) is 4.40 Å². The van der Waals surface area contributed by atoms with Gasteiger partial charge in [-0.15, -0.1) is 0 Å². The Bertz CT molecular complexity index is 1050. The minimum Gasteiger partial charge on any atom is -0.475 e. The van der Waals surface area contributed by atoms with Crippen LogP contribution < -0.4 is 5.36 Å². The van der Waals surface area contributed by atoms with Crippen molar-refractivity contribution < 1.29 is 22.7 Å². The van der Waals surface area contributed by atoms with Crippen LogP contribution in [0.1, 0.15) is 10.6 Å². The van der Waals surface area contributed by atoms with Crippen LogP contribution in [0.25, 0.3) is 11.0 Å². The molecular formula is C16H11NO5S. The first kappa shape index (κ1) is 15.0. The monoisotopic (exact) mass is 329 g/mol. The third-order valence-electron chi connectivity index (χ3n) is 3.12. The molecule has 6 nitrogen and oxygen atoms in total. The number of sulfonamides is 1. The van der Waals surface area contributed by atoms with Gasteiger partial charge in [-0.2, -0.15) is 12.8 Å². The lowest BCUT2D eigenvalue weighted by atomic mass is 10.2. The Hall–Kier alpha value is -2.93. The summed E-state index contributed by atoms with van der Waals surface area (Å²) in [5, 5.41) is 9.53. The molecule has 23 heavy (non-hydrogen) atoms. The van der Waals surface area contributed by atoms with E-state index < -0.39 is 16.0 Å². The molecule has 0 radical (unpaired) electrons. The van der Waals surface area contributed by atoms with Gasteiger partial charge in [-0.3, -0.25) is 0 Å². The average molecular weight is 329 g/mol. The van der Waals surface area contributed by atoms with Gasteiger partial charge in [0, 0.05) is 11.5 Å². The number of fused-ring (bicyclic) bond motifs is 1. The summed E-state index contributed by atoms with van der Waals surface area (Å²) in [5.74, 6) is -1.69. The predicted molar refractivity (Wildman–Crippen MR) is 82.4 cm³/mol. The molecule has 3 rings (SSSR count). The van der Waals surface area contributed by atoms with E-state index in [4.69, 9.17) is 9.52 Å². The fourth-order valence-corrected chi connectivity index (χ4v) is 3.09. The van der Waals surface area contributed by atoms with Crippen LogP contribution in [0.2, 0.25) is 0 Å². The summed E-state index contributed by atoms with van der Waals surface area (Å²) >= 11 is 0. The van der Waals surface area contributed by atoms with E-state index in [0.29, 0.717) is 5.39 Å². The molecule has 0 fully saturated rings. The number of rotatable bonds is 3. The maximum atomic E-state index is 12.4. The minimum absolute atomic E-state index is 0.0214. The highest BCUT2D eigenvalue weighted by atomic mass is 32.2. The molecule has 0 unspecified atom stereocenters. The third kappa shape index (κ3) is 3.00. The van der Waals surface area contributed by atoms with Crippen molar-refractivity contribution >= 4 is 27.0 Å². The van der Waals surface area contributed by atoms with Crippen LogP contribution in [0.5, 0.6) is 0 Å². The van der Waals surface area contributed by atoms with Gasteiger partial charge in [0.1, 0.15) is 5.58 Å². The summed E-state index contributed by atoms with van der Waals surface area (Å²) in [6.07, 6.45) is 0. The Morgan fingerprint density at radius 2 is 1.65 bits per heavy atom. The molecular weight excluding hydrogens is 318 g/mol. The number of carboxylic acid groups (broad SMARTS) is 1. The zero-order valence-corrected chi connectivity index (χ0v) is 12.5. The Labute approximate surface area is 131 Å². The molecule has 2 aromatic carbocycles. The van der Waals surface area contributed by atoms with E-state index in [-0.39, 0.29) is 21.6 Å². The summed E-state index contributed by atoms with van der Waals surface area (Å²) in [5.41, 5.74) is 0.245. The Morgan fingerprint density at radius 1 is 1.00 bits per heavy atom. The van der Waals surface area contributed by atoms with E-state index in [1.807, 2.05) is 0 Å². The van der Waals surface area contributed by atoms with E-state index in [2.05, 4.69) is 4.40 Å². The number of aromatic carboxylic acids is 1. The number of hydrogen-bond donors (Lipinski definition) is 1. The van der Waals surface area contributed by atoms with Gasteiger partial charge in [0.05, 0.1) is 10.3 Å². The van der Waals surface area contributed by atoms with Crippen molar-refractivity contribution in [3.05, 3.63) is 71.8 Å². The lowest BCUT2D eigenvalue weighted by molar-refractivity contribution is 0.0663. The van der Waals surface area contributed by atoms with Crippen LogP contribution in [-0.2, 0) is 10.0 Å². The van der Waals surface area contributed by atoms with Gasteiger partial charge in [-0.05, 0) is 24.3 Å². The van der Waals surface area contributed by atoms with E-state index in [9.17, 15) is 13.2 Å². The fraction of sp³-hybridized carbons (Fsp3) is 0. The molecule has 116 valence electrons. The van der Waals surface area contributed by atoms with Gasteiger partial charge in [0.15, 0.2) is 0 Å².